The van der Waals surface area contributed by atoms with Crippen molar-refractivity contribution < 1.29 is 9.53 Å². The third-order valence-corrected chi connectivity index (χ3v) is 3.29. The molecule has 0 saturated heterocycles. The highest BCUT2D eigenvalue weighted by Gasteiger charge is 2.26. The molecular formula is C13H27NO2. The van der Waals surface area contributed by atoms with Crippen LogP contribution in [-0.4, -0.2) is 36.1 Å². The number of ether oxygens (including phenoxy) is 1. The van der Waals surface area contributed by atoms with Gasteiger partial charge in [-0.1, -0.05) is 27.7 Å². The highest BCUT2D eigenvalue weighted by molar-refractivity contribution is 5.70. The molecule has 0 amide bonds. The predicted molar refractivity (Wildman–Crippen MR) is 67.4 cm³/mol. The first kappa shape index (κ1) is 15.4. The van der Waals surface area contributed by atoms with Crippen molar-refractivity contribution in [1.29, 1.82) is 0 Å². The Labute approximate surface area is 100 Å². The van der Waals surface area contributed by atoms with Crippen LogP contribution < -0.4 is 0 Å². The molecule has 0 N–H and O–H groups in total. The topological polar surface area (TPSA) is 29.5 Å². The molecule has 0 saturated carbocycles. The summed E-state index contributed by atoms with van der Waals surface area (Å²) in [5.41, 5.74) is -0.361. The molecule has 0 aromatic heterocycles. The van der Waals surface area contributed by atoms with Crippen LogP contribution in [0.5, 0.6) is 0 Å². The largest absolute Gasteiger partial charge is 0.459 e. The lowest BCUT2D eigenvalue weighted by molar-refractivity contribution is -0.160. The molecule has 0 aliphatic carbocycles. The molecule has 96 valence electrons. The van der Waals surface area contributed by atoms with E-state index in [0.29, 0.717) is 12.3 Å². The molecule has 0 aromatic rings. The molecule has 0 aromatic carbocycles. The Hall–Kier alpha value is -0.570. The van der Waals surface area contributed by atoms with Gasteiger partial charge in [-0.05, 0) is 32.9 Å². The zero-order chi connectivity index (χ0) is 12.8. The molecular weight excluding hydrogens is 202 g/mol. The molecule has 3 heteroatoms. The van der Waals surface area contributed by atoms with Crippen molar-refractivity contribution in [2.75, 3.05) is 19.6 Å². The number of hydrogen-bond donors (Lipinski definition) is 0. The zero-order valence-corrected chi connectivity index (χ0v) is 11.7. The molecule has 0 bridgehead atoms. The SMILES string of the molecule is CCN(CC)CCC(=O)OC(C)(C)C(C)C. The number of rotatable bonds is 7. The van der Waals surface area contributed by atoms with Crippen molar-refractivity contribution >= 4 is 5.97 Å². The number of carbonyl (C=O) groups is 1. The van der Waals surface area contributed by atoms with Crippen LogP contribution in [0.2, 0.25) is 0 Å². The van der Waals surface area contributed by atoms with Gasteiger partial charge in [-0.15, -0.1) is 0 Å². The van der Waals surface area contributed by atoms with Crippen LogP contribution in [0.4, 0.5) is 0 Å². The molecule has 0 aliphatic rings. The van der Waals surface area contributed by atoms with Crippen molar-refractivity contribution in [1.82, 2.24) is 4.90 Å². The first-order valence-electron chi connectivity index (χ1n) is 6.27. The Balaban J connectivity index is 4.00. The van der Waals surface area contributed by atoms with Crippen LogP contribution >= 0.6 is 0 Å². The quantitative estimate of drug-likeness (QED) is 0.629. The minimum atomic E-state index is -0.361. The summed E-state index contributed by atoms with van der Waals surface area (Å²) in [6.45, 7) is 15.0. The summed E-state index contributed by atoms with van der Waals surface area (Å²) in [5.74, 6) is 0.246. The fraction of sp³-hybridized carbons (Fsp3) is 0.923. The average molecular weight is 229 g/mol. The van der Waals surface area contributed by atoms with E-state index in [9.17, 15) is 4.79 Å². The maximum Gasteiger partial charge on any atom is 0.307 e. The molecule has 16 heavy (non-hydrogen) atoms. The van der Waals surface area contributed by atoms with Gasteiger partial charge in [-0.25, -0.2) is 0 Å². The highest BCUT2D eigenvalue weighted by atomic mass is 16.6. The average Bonchev–Trinajstić information content (AvgIpc) is 2.18. The third-order valence-electron chi connectivity index (χ3n) is 3.29. The van der Waals surface area contributed by atoms with E-state index in [1.54, 1.807) is 0 Å². The smallest absolute Gasteiger partial charge is 0.307 e. The van der Waals surface area contributed by atoms with Gasteiger partial charge in [0.1, 0.15) is 5.60 Å². The molecule has 0 fully saturated rings. The lowest BCUT2D eigenvalue weighted by atomic mass is 9.95. The Morgan fingerprint density at radius 3 is 2.12 bits per heavy atom. The van der Waals surface area contributed by atoms with Crippen molar-refractivity contribution in [2.45, 2.75) is 53.6 Å². The molecule has 0 radical (unpaired) electrons. The Bertz CT molecular complexity index is 208. The minimum Gasteiger partial charge on any atom is -0.459 e. The number of carbonyl (C=O) groups excluding carboxylic acids is 1. The van der Waals surface area contributed by atoms with Gasteiger partial charge < -0.3 is 9.64 Å². The first-order valence-corrected chi connectivity index (χ1v) is 6.27. The van der Waals surface area contributed by atoms with E-state index in [4.69, 9.17) is 4.74 Å². The van der Waals surface area contributed by atoms with Crippen LogP contribution in [-0.2, 0) is 9.53 Å². The molecule has 0 spiro atoms. The molecule has 0 aliphatic heterocycles. The van der Waals surface area contributed by atoms with E-state index in [1.165, 1.54) is 0 Å². The Kier molecular flexibility index (Phi) is 6.65. The van der Waals surface area contributed by atoms with Crippen LogP contribution in [0, 0.1) is 5.92 Å². The first-order chi connectivity index (χ1) is 7.33. The lowest BCUT2D eigenvalue weighted by Gasteiger charge is -2.29. The van der Waals surface area contributed by atoms with Gasteiger partial charge in [-0.2, -0.15) is 0 Å². The summed E-state index contributed by atoms with van der Waals surface area (Å²) in [5, 5.41) is 0. The fourth-order valence-corrected chi connectivity index (χ4v) is 1.25. The molecule has 0 rings (SSSR count). The standard InChI is InChI=1S/C13H27NO2/c1-7-14(8-2)10-9-12(15)16-13(5,6)11(3)4/h11H,7-10H2,1-6H3. The summed E-state index contributed by atoms with van der Waals surface area (Å²) in [6.07, 6.45) is 0.484. The summed E-state index contributed by atoms with van der Waals surface area (Å²) >= 11 is 0. The number of hydrogen-bond acceptors (Lipinski definition) is 3. The van der Waals surface area contributed by atoms with Crippen LogP contribution in [0.1, 0.15) is 48.0 Å². The van der Waals surface area contributed by atoms with Crippen LogP contribution in [0.15, 0.2) is 0 Å². The maximum absolute atomic E-state index is 11.7. The van der Waals surface area contributed by atoms with Gasteiger partial charge in [0.25, 0.3) is 0 Å². The molecule has 0 heterocycles. The summed E-state index contributed by atoms with van der Waals surface area (Å²) in [7, 11) is 0. The maximum atomic E-state index is 11.7. The second kappa shape index (κ2) is 6.89. The summed E-state index contributed by atoms with van der Waals surface area (Å²) in [4.78, 5) is 13.9. The van der Waals surface area contributed by atoms with Gasteiger partial charge in [-0.3, -0.25) is 4.79 Å². The fourth-order valence-electron chi connectivity index (χ4n) is 1.25. The van der Waals surface area contributed by atoms with Crippen LogP contribution in [0.3, 0.4) is 0 Å². The lowest BCUT2D eigenvalue weighted by Crippen LogP contribution is -2.35. The molecule has 0 unspecified atom stereocenters. The second-order valence-corrected chi connectivity index (χ2v) is 5.01. The summed E-state index contributed by atoms with van der Waals surface area (Å²) in [6, 6.07) is 0. The Morgan fingerprint density at radius 2 is 1.75 bits per heavy atom. The van der Waals surface area contributed by atoms with E-state index in [1.807, 2.05) is 13.8 Å². The molecule has 3 nitrogen and oxygen atoms in total. The van der Waals surface area contributed by atoms with Gasteiger partial charge >= 0.3 is 5.97 Å². The van der Waals surface area contributed by atoms with E-state index in [0.717, 1.165) is 19.6 Å². The van der Waals surface area contributed by atoms with E-state index in [-0.39, 0.29) is 11.6 Å². The predicted octanol–water partition coefficient (Wildman–Crippen LogP) is 2.70. The van der Waals surface area contributed by atoms with Crippen LogP contribution in [0.25, 0.3) is 0 Å². The monoisotopic (exact) mass is 229 g/mol. The van der Waals surface area contributed by atoms with Crippen molar-refractivity contribution in [3.8, 4) is 0 Å². The van der Waals surface area contributed by atoms with Crippen molar-refractivity contribution in [2.24, 2.45) is 5.92 Å². The number of esters is 1. The van der Waals surface area contributed by atoms with E-state index in [2.05, 4.69) is 32.6 Å². The Morgan fingerprint density at radius 1 is 1.25 bits per heavy atom. The normalized spacial score (nSPS) is 12.2. The van der Waals surface area contributed by atoms with E-state index >= 15 is 0 Å². The van der Waals surface area contributed by atoms with Crippen molar-refractivity contribution in [3.63, 3.8) is 0 Å². The summed E-state index contributed by atoms with van der Waals surface area (Å²) < 4.78 is 5.47. The van der Waals surface area contributed by atoms with Gasteiger partial charge in [0.15, 0.2) is 0 Å². The minimum absolute atomic E-state index is 0.0920. The van der Waals surface area contributed by atoms with E-state index < -0.39 is 0 Å². The van der Waals surface area contributed by atoms with Gasteiger partial charge in [0, 0.05) is 6.54 Å². The highest BCUT2D eigenvalue weighted by Crippen LogP contribution is 2.20. The second-order valence-electron chi connectivity index (χ2n) is 5.01. The third kappa shape index (κ3) is 5.50. The van der Waals surface area contributed by atoms with Crippen molar-refractivity contribution in [3.05, 3.63) is 0 Å². The van der Waals surface area contributed by atoms with Gasteiger partial charge in [0.2, 0.25) is 0 Å². The number of nitrogens with zero attached hydrogens (tertiary/aromatic N) is 1. The van der Waals surface area contributed by atoms with Gasteiger partial charge in [0.05, 0.1) is 6.42 Å². The zero-order valence-electron chi connectivity index (χ0n) is 11.7. The molecule has 0 atom stereocenters.